The number of carboxylic acids is 1. The second-order valence-corrected chi connectivity index (χ2v) is 5.69. The lowest BCUT2D eigenvalue weighted by molar-refractivity contribution is -0.138. The second-order valence-electron chi connectivity index (χ2n) is 4.49. The molecular weight excluding hydrogens is 303 g/mol. The Bertz CT molecular complexity index is 620. The molecule has 7 heteroatoms. The molecule has 1 aromatic heterocycles. The molecule has 1 aromatic carbocycles. The van der Waals surface area contributed by atoms with Crippen LogP contribution in [0.4, 0.5) is 13.2 Å². The van der Waals surface area contributed by atoms with Crippen molar-refractivity contribution in [3.05, 3.63) is 51.5 Å². The first kappa shape index (κ1) is 15.5. The molecule has 0 saturated heterocycles. The van der Waals surface area contributed by atoms with Crippen LogP contribution < -0.4 is 0 Å². The Morgan fingerprint density at radius 2 is 1.90 bits per heavy atom. The van der Waals surface area contributed by atoms with Crippen molar-refractivity contribution in [2.24, 2.45) is 0 Å². The first-order valence-corrected chi connectivity index (χ1v) is 6.98. The average molecular weight is 315 g/mol. The molecule has 0 aliphatic heterocycles. The Morgan fingerprint density at radius 3 is 2.48 bits per heavy atom. The number of hydrogen-bond acceptors (Lipinski definition) is 3. The maximum absolute atomic E-state index is 12.4. The molecular formula is C14H12F3NO2S. The third-order valence-corrected chi connectivity index (χ3v) is 3.88. The Morgan fingerprint density at radius 1 is 1.24 bits per heavy atom. The number of benzene rings is 1. The molecule has 1 N–H and O–H groups in total. The van der Waals surface area contributed by atoms with E-state index in [1.165, 1.54) is 23.5 Å². The molecule has 0 spiro atoms. The Kier molecular flexibility index (Phi) is 4.62. The van der Waals surface area contributed by atoms with Crippen molar-refractivity contribution in [2.75, 3.05) is 0 Å². The van der Waals surface area contributed by atoms with Gasteiger partial charge < -0.3 is 5.11 Å². The number of rotatable bonds is 5. The van der Waals surface area contributed by atoms with E-state index in [4.69, 9.17) is 5.11 Å². The fraction of sp³-hybridized carbons (Fsp3) is 0.286. The lowest BCUT2D eigenvalue weighted by atomic mass is 10.1. The maximum atomic E-state index is 12.4. The van der Waals surface area contributed by atoms with E-state index in [2.05, 4.69) is 4.98 Å². The summed E-state index contributed by atoms with van der Waals surface area (Å²) in [6, 6.07) is 4.96. The van der Waals surface area contributed by atoms with Gasteiger partial charge in [0.1, 0.15) is 0 Å². The Labute approximate surface area is 123 Å². The number of hydrogen-bond donors (Lipinski definition) is 1. The van der Waals surface area contributed by atoms with Gasteiger partial charge in [-0.3, -0.25) is 4.79 Å². The molecule has 0 saturated carbocycles. The number of carbonyl (C=O) groups is 1. The van der Waals surface area contributed by atoms with Crippen molar-refractivity contribution >= 4 is 17.3 Å². The van der Waals surface area contributed by atoms with Gasteiger partial charge in [0.2, 0.25) is 0 Å². The zero-order chi connectivity index (χ0) is 15.5. The normalized spacial score (nSPS) is 11.6. The van der Waals surface area contributed by atoms with Crippen LogP contribution in [0.5, 0.6) is 0 Å². The molecule has 2 aromatic rings. The van der Waals surface area contributed by atoms with Crippen LogP contribution in [0.2, 0.25) is 0 Å². The van der Waals surface area contributed by atoms with Gasteiger partial charge in [0.25, 0.3) is 0 Å². The smallest absolute Gasteiger partial charge is 0.416 e. The van der Waals surface area contributed by atoms with E-state index in [0.717, 1.165) is 27.6 Å². The second kappa shape index (κ2) is 6.26. The van der Waals surface area contributed by atoms with E-state index < -0.39 is 17.7 Å². The number of halogens is 3. The van der Waals surface area contributed by atoms with E-state index >= 15 is 0 Å². The SMILES string of the molecule is O=C(O)CCc1cnc(Cc2ccc(C(F)(F)F)cc2)s1. The summed E-state index contributed by atoms with van der Waals surface area (Å²) < 4.78 is 37.3. The van der Waals surface area contributed by atoms with Gasteiger partial charge in [-0.25, -0.2) is 4.98 Å². The molecule has 0 radical (unpaired) electrons. The standard InChI is InChI=1S/C14H12F3NO2S/c15-14(16,17)10-3-1-9(2-4-10)7-12-18-8-11(21-12)5-6-13(19)20/h1-4,8H,5-7H2,(H,19,20). The van der Waals surface area contributed by atoms with Gasteiger partial charge in [0, 0.05) is 17.5 Å². The molecule has 0 aliphatic rings. The number of thiazole rings is 1. The first-order chi connectivity index (χ1) is 9.84. The minimum Gasteiger partial charge on any atom is -0.481 e. The molecule has 2 rings (SSSR count). The average Bonchev–Trinajstić information content (AvgIpc) is 2.83. The number of carboxylic acid groups (broad SMARTS) is 1. The third kappa shape index (κ3) is 4.56. The van der Waals surface area contributed by atoms with E-state index in [-0.39, 0.29) is 6.42 Å². The van der Waals surface area contributed by atoms with Crippen molar-refractivity contribution in [3.63, 3.8) is 0 Å². The Balaban J connectivity index is 2.00. The monoisotopic (exact) mass is 315 g/mol. The van der Waals surface area contributed by atoms with Crippen LogP contribution in [0, 0.1) is 0 Å². The number of alkyl halides is 3. The van der Waals surface area contributed by atoms with Crippen LogP contribution in [0.15, 0.2) is 30.5 Å². The minimum absolute atomic E-state index is 0.0436. The first-order valence-electron chi connectivity index (χ1n) is 6.16. The van der Waals surface area contributed by atoms with Crippen LogP contribution in [0.1, 0.15) is 27.4 Å². The molecule has 0 fully saturated rings. The summed E-state index contributed by atoms with van der Waals surface area (Å²) in [6.07, 6.45) is -1.81. The van der Waals surface area contributed by atoms with Crippen molar-refractivity contribution in [3.8, 4) is 0 Å². The van der Waals surface area contributed by atoms with Crippen molar-refractivity contribution in [2.45, 2.75) is 25.4 Å². The molecule has 3 nitrogen and oxygen atoms in total. The van der Waals surface area contributed by atoms with E-state index in [1.54, 1.807) is 6.20 Å². The summed E-state index contributed by atoms with van der Waals surface area (Å²) in [5.74, 6) is -0.868. The molecule has 21 heavy (non-hydrogen) atoms. The van der Waals surface area contributed by atoms with E-state index in [0.29, 0.717) is 12.8 Å². The summed E-state index contributed by atoms with van der Waals surface area (Å²) in [4.78, 5) is 15.5. The fourth-order valence-electron chi connectivity index (χ4n) is 1.76. The van der Waals surface area contributed by atoms with Gasteiger partial charge in [-0.2, -0.15) is 13.2 Å². The van der Waals surface area contributed by atoms with E-state index in [9.17, 15) is 18.0 Å². The number of aromatic nitrogens is 1. The Hall–Kier alpha value is -1.89. The van der Waals surface area contributed by atoms with Gasteiger partial charge in [0.05, 0.1) is 17.0 Å². The highest BCUT2D eigenvalue weighted by Crippen LogP contribution is 2.29. The lowest BCUT2D eigenvalue weighted by Crippen LogP contribution is -2.04. The molecule has 0 bridgehead atoms. The number of aryl methyl sites for hydroxylation is 1. The van der Waals surface area contributed by atoms with Gasteiger partial charge in [-0.15, -0.1) is 11.3 Å². The summed E-state index contributed by atoms with van der Waals surface area (Å²) in [5, 5.41) is 9.36. The van der Waals surface area contributed by atoms with Crippen LogP contribution in [0.25, 0.3) is 0 Å². The van der Waals surface area contributed by atoms with E-state index in [1.807, 2.05) is 0 Å². The molecule has 0 atom stereocenters. The van der Waals surface area contributed by atoms with Gasteiger partial charge in [-0.05, 0) is 24.1 Å². The largest absolute Gasteiger partial charge is 0.481 e. The minimum atomic E-state index is -4.33. The predicted molar refractivity (Wildman–Crippen MR) is 72.3 cm³/mol. The highest BCUT2D eigenvalue weighted by atomic mass is 32.1. The topological polar surface area (TPSA) is 50.2 Å². The van der Waals surface area contributed by atoms with Crippen molar-refractivity contribution in [1.82, 2.24) is 4.98 Å². The highest BCUT2D eigenvalue weighted by Gasteiger charge is 2.29. The quantitative estimate of drug-likeness (QED) is 0.914. The van der Waals surface area contributed by atoms with Crippen LogP contribution >= 0.6 is 11.3 Å². The predicted octanol–water partition coefficient (Wildman–Crippen LogP) is 3.77. The summed E-state index contributed by atoms with van der Waals surface area (Å²) in [7, 11) is 0. The zero-order valence-corrected chi connectivity index (χ0v) is 11.7. The van der Waals surface area contributed by atoms with Gasteiger partial charge in [0.15, 0.2) is 0 Å². The summed E-state index contributed by atoms with van der Waals surface area (Å²) in [6.45, 7) is 0. The highest BCUT2D eigenvalue weighted by molar-refractivity contribution is 7.11. The van der Waals surface area contributed by atoms with Gasteiger partial charge >= 0.3 is 12.1 Å². The lowest BCUT2D eigenvalue weighted by Gasteiger charge is -2.06. The van der Waals surface area contributed by atoms with Crippen molar-refractivity contribution < 1.29 is 23.1 Å². The molecule has 1 heterocycles. The molecule has 0 unspecified atom stereocenters. The summed E-state index contributed by atoms with van der Waals surface area (Å²) >= 11 is 1.38. The molecule has 0 aliphatic carbocycles. The third-order valence-electron chi connectivity index (χ3n) is 2.82. The molecule has 112 valence electrons. The van der Waals surface area contributed by atoms with Crippen molar-refractivity contribution in [1.29, 1.82) is 0 Å². The zero-order valence-electron chi connectivity index (χ0n) is 10.9. The number of nitrogens with zero attached hydrogens (tertiary/aromatic N) is 1. The molecule has 0 amide bonds. The van der Waals surface area contributed by atoms with Gasteiger partial charge in [-0.1, -0.05) is 12.1 Å². The van der Waals surface area contributed by atoms with Crippen LogP contribution in [-0.2, 0) is 23.8 Å². The fourth-order valence-corrected chi connectivity index (χ4v) is 2.72. The summed E-state index contributed by atoms with van der Waals surface area (Å²) in [5.41, 5.74) is 0.0645. The maximum Gasteiger partial charge on any atom is 0.416 e. The van der Waals surface area contributed by atoms with Crippen LogP contribution in [-0.4, -0.2) is 16.1 Å². The van der Waals surface area contributed by atoms with Crippen LogP contribution in [0.3, 0.4) is 0 Å². The number of aliphatic carboxylic acids is 1.